The molecule has 0 saturated carbocycles. The molecular formula is C46H45N7O13. The molecule has 0 spiro atoms. The number of aromatic carboxylic acids is 1. The average Bonchev–Trinajstić information content (AvgIpc) is 3.27. The molecule has 0 aromatic heterocycles. The molecule has 20 heteroatoms. The van der Waals surface area contributed by atoms with Gasteiger partial charge in [0.15, 0.2) is 6.10 Å². The Balaban J connectivity index is 1.25. The molecule has 0 radical (unpaired) electrons. The SMILES string of the molecule is COC(C(N)=O)C(NC(=O)c1ccc(NC(=O)c2ccc([N+](=O)[O-])cc2)cc1)C(=O)Nc1ccc(C(=O)Nc2ccc(C(=O)Nc3ccc(C(=O)O)cc3OC(C)C)cc2OC(C)C)cc1. The van der Waals surface area contributed by atoms with Crippen molar-refractivity contribution >= 4 is 69.8 Å². The van der Waals surface area contributed by atoms with Crippen molar-refractivity contribution in [2.24, 2.45) is 5.73 Å². The first-order valence-corrected chi connectivity index (χ1v) is 20.0. The van der Waals surface area contributed by atoms with Crippen molar-refractivity contribution in [2.75, 3.05) is 28.4 Å². The third-order valence-corrected chi connectivity index (χ3v) is 9.26. The number of carboxylic acids is 1. The van der Waals surface area contributed by atoms with Crippen molar-refractivity contribution in [3.05, 3.63) is 147 Å². The lowest BCUT2D eigenvalue weighted by atomic mass is 10.1. The molecule has 0 bridgehead atoms. The molecule has 342 valence electrons. The zero-order chi connectivity index (χ0) is 48.2. The standard InChI is InChI=1S/C46H45N7O13/c1-24(2)65-36-22-29(44(58)51-35-21-13-30(46(60)61)23-37(35)66-25(3)4)12-20-34(36)50-42(56)26-6-16-32(17-7-26)49-45(59)38(39(64-5)40(47)54)52-43(57)27-8-14-31(15-9-27)48-41(55)28-10-18-33(19-11-28)53(62)63/h6-25,38-39H,1-5H3,(H2,47,54)(H,48,55)(H,49,59)(H,50,56)(H,51,58)(H,52,57)(H,60,61). The molecule has 0 saturated heterocycles. The molecule has 2 unspecified atom stereocenters. The summed E-state index contributed by atoms with van der Waals surface area (Å²) in [5, 5.41) is 33.5. The van der Waals surface area contributed by atoms with Gasteiger partial charge < -0.3 is 51.6 Å². The quantitative estimate of drug-likeness (QED) is 0.0378. The zero-order valence-electron chi connectivity index (χ0n) is 36.1. The second-order valence-electron chi connectivity index (χ2n) is 14.9. The number of nitro benzene ring substituents is 1. The fourth-order valence-corrected chi connectivity index (χ4v) is 6.10. The third-order valence-electron chi connectivity index (χ3n) is 9.26. The van der Waals surface area contributed by atoms with E-state index in [0.29, 0.717) is 0 Å². The van der Waals surface area contributed by atoms with Crippen molar-refractivity contribution in [1.29, 1.82) is 0 Å². The highest BCUT2D eigenvalue weighted by Crippen LogP contribution is 2.31. The van der Waals surface area contributed by atoms with Crippen LogP contribution in [0.5, 0.6) is 11.5 Å². The van der Waals surface area contributed by atoms with Gasteiger partial charge in [-0.3, -0.25) is 38.9 Å². The van der Waals surface area contributed by atoms with Gasteiger partial charge in [-0.1, -0.05) is 0 Å². The minimum absolute atomic E-state index is 0.0244. The maximum atomic E-state index is 13.6. The summed E-state index contributed by atoms with van der Waals surface area (Å²) in [6.07, 6.45) is -2.29. The molecule has 5 aromatic rings. The van der Waals surface area contributed by atoms with Gasteiger partial charge in [0.2, 0.25) is 11.8 Å². The number of methoxy groups -OCH3 is 1. The summed E-state index contributed by atoms with van der Waals surface area (Å²) in [6.45, 7) is 7.03. The Hall–Kier alpha value is -8.65. The second kappa shape index (κ2) is 21.6. The number of benzene rings is 5. The van der Waals surface area contributed by atoms with Gasteiger partial charge in [-0.15, -0.1) is 0 Å². The van der Waals surface area contributed by atoms with Crippen LogP contribution in [-0.2, 0) is 14.3 Å². The summed E-state index contributed by atoms with van der Waals surface area (Å²) < 4.78 is 16.8. The number of carbonyl (C=O) groups is 7. The number of hydrogen-bond donors (Lipinski definition) is 7. The van der Waals surface area contributed by atoms with Crippen LogP contribution in [0.4, 0.5) is 28.4 Å². The molecular weight excluding hydrogens is 859 g/mol. The second-order valence-corrected chi connectivity index (χ2v) is 14.9. The fourth-order valence-electron chi connectivity index (χ4n) is 6.10. The Morgan fingerprint density at radius 1 is 0.576 bits per heavy atom. The van der Waals surface area contributed by atoms with Crippen LogP contribution in [-0.4, -0.2) is 82.9 Å². The number of hydrogen-bond acceptors (Lipinski definition) is 12. The first kappa shape index (κ1) is 48.4. The highest BCUT2D eigenvalue weighted by atomic mass is 16.6. The molecule has 0 aliphatic heterocycles. The van der Waals surface area contributed by atoms with Gasteiger partial charge in [0, 0.05) is 52.9 Å². The largest absolute Gasteiger partial charge is 0.489 e. The lowest BCUT2D eigenvalue weighted by Crippen LogP contribution is -2.56. The van der Waals surface area contributed by atoms with Crippen molar-refractivity contribution < 1.29 is 57.8 Å². The predicted molar refractivity (Wildman–Crippen MR) is 241 cm³/mol. The van der Waals surface area contributed by atoms with Gasteiger partial charge in [-0.2, -0.15) is 0 Å². The van der Waals surface area contributed by atoms with Crippen LogP contribution in [0.15, 0.2) is 109 Å². The summed E-state index contributed by atoms with van der Waals surface area (Å²) >= 11 is 0. The number of primary amides is 1. The monoisotopic (exact) mass is 903 g/mol. The number of rotatable bonds is 19. The summed E-state index contributed by atoms with van der Waals surface area (Å²) in [4.78, 5) is 101. The van der Waals surface area contributed by atoms with Gasteiger partial charge >= 0.3 is 5.97 Å². The average molecular weight is 904 g/mol. The van der Waals surface area contributed by atoms with Crippen LogP contribution >= 0.6 is 0 Å². The molecule has 0 aliphatic rings. The molecule has 0 heterocycles. The number of amides is 6. The van der Waals surface area contributed by atoms with Crippen LogP contribution in [0.2, 0.25) is 0 Å². The number of non-ortho nitro benzene ring substituents is 1. The van der Waals surface area contributed by atoms with Crippen LogP contribution in [0.25, 0.3) is 0 Å². The molecule has 6 amide bonds. The highest BCUT2D eigenvalue weighted by Gasteiger charge is 2.34. The Labute approximate surface area is 377 Å². The number of nitrogens with zero attached hydrogens (tertiary/aromatic N) is 1. The maximum Gasteiger partial charge on any atom is 0.335 e. The first-order chi connectivity index (χ1) is 31.3. The number of anilines is 4. The lowest BCUT2D eigenvalue weighted by molar-refractivity contribution is -0.384. The molecule has 2 atom stereocenters. The highest BCUT2D eigenvalue weighted by molar-refractivity contribution is 6.09. The Bertz CT molecular complexity index is 2650. The molecule has 66 heavy (non-hydrogen) atoms. The van der Waals surface area contributed by atoms with E-state index in [1.165, 1.54) is 109 Å². The summed E-state index contributed by atoms with van der Waals surface area (Å²) in [5.74, 6) is -5.27. The van der Waals surface area contributed by atoms with E-state index in [2.05, 4.69) is 26.6 Å². The zero-order valence-corrected chi connectivity index (χ0v) is 36.1. The van der Waals surface area contributed by atoms with Crippen molar-refractivity contribution in [2.45, 2.75) is 52.0 Å². The molecule has 8 N–H and O–H groups in total. The minimum Gasteiger partial charge on any atom is -0.489 e. The Morgan fingerprint density at radius 2 is 0.985 bits per heavy atom. The maximum absolute atomic E-state index is 13.6. The van der Waals surface area contributed by atoms with Crippen LogP contribution in [0, 0.1) is 10.1 Å². The molecule has 0 aliphatic carbocycles. The van der Waals surface area contributed by atoms with E-state index in [4.69, 9.17) is 19.9 Å². The number of ether oxygens (including phenoxy) is 3. The molecule has 20 nitrogen and oxygen atoms in total. The number of nitro groups is 1. The normalized spacial score (nSPS) is 11.7. The van der Waals surface area contributed by atoms with E-state index in [9.17, 15) is 48.8 Å². The smallest absolute Gasteiger partial charge is 0.335 e. The van der Waals surface area contributed by atoms with Crippen LogP contribution in [0.1, 0.15) is 79.5 Å². The van der Waals surface area contributed by atoms with Gasteiger partial charge in [0.25, 0.3) is 29.3 Å². The van der Waals surface area contributed by atoms with Gasteiger partial charge in [0.1, 0.15) is 17.5 Å². The Kier molecular flexibility index (Phi) is 15.9. The van der Waals surface area contributed by atoms with E-state index in [-0.39, 0.29) is 80.0 Å². The molecule has 0 fully saturated rings. The topological polar surface area (TPSA) is 297 Å². The fraction of sp³-hybridized carbons (Fsp3) is 0.196. The molecule has 5 aromatic carbocycles. The van der Waals surface area contributed by atoms with Gasteiger partial charge in [-0.05, 0) is 125 Å². The lowest BCUT2D eigenvalue weighted by Gasteiger charge is -2.24. The number of carboxylic acid groups (broad SMARTS) is 1. The Morgan fingerprint density at radius 3 is 1.44 bits per heavy atom. The summed E-state index contributed by atoms with van der Waals surface area (Å²) in [7, 11) is 1.13. The van der Waals surface area contributed by atoms with E-state index < -0.39 is 58.5 Å². The minimum atomic E-state index is -1.64. The summed E-state index contributed by atoms with van der Waals surface area (Å²) in [5.41, 5.74) is 6.72. The number of carbonyl (C=O) groups excluding carboxylic acids is 6. The van der Waals surface area contributed by atoms with Crippen molar-refractivity contribution in [3.8, 4) is 11.5 Å². The number of nitrogens with two attached hydrogens (primary N) is 1. The van der Waals surface area contributed by atoms with Crippen LogP contribution < -0.4 is 41.8 Å². The van der Waals surface area contributed by atoms with Gasteiger partial charge in [0.05, 0.1) is 34.1 Å². The van der Waals surface area contributed by atoms with Crippen LogP contribution in [0.3, 0.4) is 0 Å². The molecule has 5 rings (SSSR count). The van der Waals surface area contributed by atoms with Crippen molar-refractivity contribution in [3.63, 3.8) is 0 Å². The van der Waals surface area contributed by atoms with E-state index in [1.54, 1.807) is 27.7 Å². The predicted octanol–water partition coefficient (Wildman–Crippen LogP) is 5.86. The first-order valence-electron chi connectivity index (χ1n) is 20.0. The van der Waals surface area contributed by atoms with E-state index in [0.717, 1.165) is 7.11 Å². The van der Waals surface area contributed by atoms with E-state index >= 15 is 0 Å². The number of nitrogens with one attached hydrogen (secondary N) is 5. The third kappa shape index (κ3) is 12.7. The summed E-state index contributed by atoms with van der Waals surface area (Å²) in [6, 6.07) is 22.9. The van der Waals surface area contributed by atoms with E-state index in [1.807, 2.05) is 0 Å². The van der Waals surface area contributed by atoms with Gasteiger partial charge in [-0.25, -0.2) is 4.79 Å². The van der Waals surface area contributed by atoms with Crippen molar-refractivity contribution in [1.82, 2.24) is 5.32 Å².